The van der Waals surface area contributed by atoms with E-state index in [-0.39, 0.29) is 0 Å². The fourth-order valence-corrected chi connectivity index (χ4v) is 8.83. The third kappa shape index (κ3) is 4.39. The van der Waals surface area contributed by atoms with Crippen LogP contribution in [0.2, 0.25) is 0 Å². The van der Waals surface area contributed by atoms with Crippen molar-refractivity contribution in [1.82, 2.24) is 13.7 Å². The number of fused-ring (bicyclic) bond motifs is 9. The monoisotopic (exact) mass is 699 g/mol. The summed E-state index contributed by atoms with van der Waals surface area (Å²) in [5, 5.41) is 27.3. The van der Waals surface area contributed by atoms with Crippen LogP contribution in [0, 0.1) is 22.7 Å². The zero-order chi connectivity index (χ0) is 36.6. The molecule has 0 amide bonds. The Balaban J connectivity index is 1.11. The van der Waals surface area contributed by atoms with Crippen LogP contribution in [0.5, 0.6) is 0 Å². The van der Waals surface area contributed by atoms with Crippen molar-refractivity contribution < 1.29 is 0 Å². The lowest BCUT2D eigenvalue weighted by atomic mass is 9.99. The molecule has 0 spiro atoms. The maximum Gasteiger partial charge on any atom is 0.101 e. The molecule has 11 rings (SSSR count). The number of hydrogen-bond acceptors (Lipinski definition) is 2. The van der Waals surface area contributed by atoms with Crippen molar-refractivity contribution in [2.24, 2.45) is 0 Å². The van der Waals surface area contributed by atoms with Crippen LogP contribution in [0.4, 0.5) is 0 Å². The van der Waals surface area contributed by atoms with Crippen molar-refractivity contribution in [1.29, 1.82) is 10.5 Å². The summed E-state index contributed by atoms with van der Waals surface area (Å²) in [7, 11) is 0. The Morgan fingerprint density at radius 1 is 0.345 bits per heavy atom. The van der Waals surface area contributed by atoms with E-state index in [9.17, 15) is 10.5 Å². The quantitative estimate of drug-likeness (QED) is 0.184. The van der Waals surface area contributed by atoms with E-state index >= 15 is 0 Å². The van der Waals surface area contributed by atoms with E-state index in [0.717, 1.165) is 71.8 Å². The third-order valence-corrected chi connectivity index (χ3v) is 11.1. The number of rotatable bonds is 4. The lowest BCUT2D eigenvalue weighted by Crippen LogP contribution is -2.01. The molecule has 3 heterocycles. The minimum atomic E-state index is 0.599. The summed E-state index contributed by atoms with van der Waals surface area (Å²) in [5.74, 6) is 0. The van der Waals surface area contributed by atoms with Gasteiger partial charge >= 0.3 is 0 Å². The van der Waals surface area contributed by atoms with Gasteiger partial charge < -0.3 is 13.7 Å². The van der Waals surface area contributed by atoms with Crippen LogP contribution in [0.15, 0.2) is 176 Å². The molecule has 0 saturated heterocycles. The second-order valence-electron chi connectivity index (χ2n) is 13.9. The van der Waals surface area contributed by atoms with Gasteiger partial charge in [0.05, 0.1) is 56.0 Å². The minimum absolute atomic E-state index is 0.599. The average Bonchev–Trinajstić information content (AvgIpc) is 3.89. The van der Waals surface area contributed by atoms with E-state index in [0.29, 0.717) is 11.1 Å². The molecule has 0 atom stereocenters. The summed E-state index contributed by atoms with van der Waals surface area (Å²) in [6, 6.07) is 65.9. The molecule has 0 unspecified atom stereocenters. The minimum Gasteiger partial charge on any atom is -0.309 e. The molecule has 0 aliphatic carbocycles. The average molecular weight is 700 g/mol. The highest BCUT2D eigenvalue weighted by Gasteiger charge is 2.21. The van der Waals surface area contributed by atoms with Crippen LogP contribution < -0.4 is 0 Å². The summed E-state index contributed by atoms with van der Waals surface area (Å²) >= 11 is 0. The number of para-hydroxylation sites is 5. The summed E-state index contributed by atoms with van der Waals surface area (Å²) in [6.45, 7) is 0. The Morgan fingerprint density at radius 2 is 0.818 bits per heavy atom. The van der Waals surface area contributed by atoms with Crippen LogP contribution in [0.25, 0.3) is 93.6 Å². The Morgan fingerprint density at radius 3 is 1.47 bits per heavy atom. The Labute approximate surface area is 316 Å². The molecule has 0 fully saturated rings. The Kier molecular flexibility index (Phi) is 6.61. The molecule has 55 heavy (non-hydrogen) atoms. The van der Waals surface area contributed by atoms with E-state index in [1.165, 1.54) is 21.8 Å². The molecular formula is C50H29N5. The summed E-state index contributed by atoms with van der Waals surface area (Å²) in [5.41, 5.74) is 12.6. The molecule has 5 heteroatoms. The Hall–Kier alpha value is -7.86. The van der Waals surface area contributed by atoms with E-state index in [1.54, 1.807) is 0 Å². The van der Waals surface area contributed by atoms with Gasteiger partial charge in [0.15, 0.2) is 0 Å². The lowest BCUT2D eigenvalue weighted by Gasteiger charge is -2.17. The molecule has 0 aliphatic rings. The van der Waals surface area contributed by atoms with Gasteiger partial charge in [0.2, 0.25) is 0 Å². The largest absolute Gasteiger partial charge is 0.309 e. The molecule has 254 valence electrons. The first-order chi connectivity index (χ1) is 27.2. The van der Waals surface area contributed by atoms with Gasteiger partial charge in [0.1, 0.15) is 6.07 Å². The first kappa shape index (κ1) is 30.7. The molecule has 5 nitrogen and oxygen atoms in total. The van der Waals surface area contributed by atoms with Crippen LogP contribution in [-0.4, -0.2) is 13.7 Å². The van der Waals surface area contributed by atoms with Crippen LogP contribution >= 0.6 is 0 Å². The molecule has 8 aromatic carbocycles. The first-order valence-electron chi connectivity index (χ1n) is 18.3. The van der Waals surface area contributed by atoms with Crippen molar-refractivity contribution in [3.63, 3.8) is 0 Å². The van der Waals surface area contributed by atoms with Gasteiger partial charge in [-0.1, -0.05) is 103 Å². The number of hydrogen-bond donors (Lipinski definition) is 0. The van der Waals surface area contributed by atoms with E-state index in [4.69, 9.17) is 0 Å². The van der Waals surface area contributed by atoms with Gasteiger partial charge in [-0.05, 0) is 78.4 Å². The number of nitrogens with zero attached hydrogens (tertiary/aromatic N) is 5. The maximum absolute atomic E-state index is 10.6. The van der Waals surface area contributed by atoms with E-state index < -0.39 is 0 Å². The molecule has 11 aromatic rings. The van der Waals surface area contributed by atoms with Crippen molar-refractivity contribution in [3.05, 3.63) is 187 Å². The van der Waals surface area contributed by atoms with Crippen LogP contribution in [0.3, 0.4) is 0 Å². The predicted molar refractivity (Wildman–Crippen MR) is 224 cm³/mol. The summed E-state index contributed by atoms with van der Waals surface area (Å²) in [6.07, 6.45) is 0. The molecule has 0 aliphatic heterocycles. The lowest BCUT2D eigenvalue weighted by molar-refractivity contribution is 1.16. The standard InChI is InChI=1S/C50H29N5/c51-30-33-11-10-22-48-49(33)41-16-4-8-21-46(41)53(48)35-25-23-32(24-26-35)37-17-9-12-34(31-52)50(37)55-45-20-7-3-15-40(45)42-29-36(27-28-47(42)55)54-43-18-5-1-13-38(43)39-14-2-6-19-44(39)54/h1-29H. The van der Waals surface area contributed by atoms with E-state index in [2.05, 4.69) is 165 Å². The third-order valence-electron chi connectivity index (χ3n) is 11.1. The Bertz CT molecular complexity index is 3400. The zero-order valence-electron chi connectivity index (χ0n) is 29.5. The highest BCUT2D eigenvalue weighted by Crippen LogP contribution is 2.41. The van der Waals surface area contributed by atoms with Crippen molar-refractivity contribution in [2.45, 2.75) is 0 Å². The summed E-state index contributed by atoms with van der Waals surface area (Å²) in [4.78, 5) is 0. The van der Waals surface area contributed by atoms with Gasteiger partial charge in [-0.2, -0.15) is 10.5 Å². The smallest absolute Gasteiger partial charge is 0.101 e. The highest BCUT2D eigenvalue weighted by molar-refractivity contribution is 6.13. The zero-order valence-corrected chi connectivity index (χ0v) is 29.5. The van der Waals surface area contributed by atoms with Gasteiger partial charge in [-0.15, -0.1) is 0 Å². The van der Waals surface area contributed by atoms with Gasteiger partial charge in [0, 0.05) is 49.3 Å². The summed E-state index contributed by atoms with van der Waals surface area (Å²) < 4.78 is 6.84. The van der Waals surface area contributed by atoms with E-state index in [1.807, 2.05) is 36.4 Å². The van der Waals surface area contributed by atoms with Crippen molar-refractivity contribution in [2.75, 3.05) is 0 Å². The van der Waals surface area contributed by atoms with Gasteiger partial charge in [-0.25, -0.2) is 0 Å². The topological polar surface area (TPSA) is 62.4 Å². The number of benzene rings is 8. The van der Waals surface area contributed by atoms with Crippen LogP contribution in [-0.2, 0) is 0 Å². The van der Waals surface area contributed by atoms with Gasteiger partial charge in [0.25, 0.3) is 0 Å². The molecule has 0 saturated carbocycles. The SMILES string of the molecule is N#Cc1cccc(-c2ccc(-n3c4ccccc4c4c(C#N)cccc43)cc2)c1-n1c2ccccc2c2cc(-n3c4ccccc4c4ccccc43)ccc21. The molecule has 3 aromatic heterocycles. The molecule has 0 radical (unpaired) electrons. The molecule has 0 N–H and O–H groups in total. The normalized spacial score (nSPS) is 11.6. The second kappa shape index (κ2) is 11.8. The molecule has 0 bridgehead atoms. The van der Waals surface area contributed by atoms with Crippen LogP contribution in [0.1, 0.15) is 11.1 Å². The molecular weight excluding hydrogens is 671 g/mol. The van der Waals surface area contributed by atoms with Crippen molar-refractivity contribution >= 4 is 65.4 Å². The fourth-order valence-electron chi connectivity index (χ4n) is 8.83. The fraction of sp³-hybridized carbons (Fsp3) is 0. The number of nitriles is 2. The van der Waals surface area contributed by atoms with Gasteiger partial charge in [-0.3, -0.25) is 0 Å². The highest BCUT2D eigenvalue weighted by atomic mass is 15.0. The van der Waals surface area contributed by atoms with Crippen molar-refractivity contribution in [3.8, 4) is 40.3 Å². The first-order valence-corrected chi connectivity index (χ1v) is 18.3. The number of aromatic nitrogens is 3. The second-order valence-corrected chi connectivity index (χ2v) is 13.9. The maximum atomic E-state index is 10.6. The predicted octanol–water partition coefficient (Wildman–Crippen LogP) is 12.4.